The minimum Gasteiger partial charge on any atom is -0.481 e. The van der Waals surface area contributed by atoms with E-state index in [0.29, 0.717) is 34.6 Å². The third kappa shape index (κ3) is 4.90. The predicted octanol–water partition coefficient (Wildman–Crippen LogP) is 5.32. The van der Waals surface area contributed by atoms with Crippen molar-refractivity contribution in [2.45, 2.75) is 20.0 Å². The van der Waals surface area contributed by atoms with Gasteiger partial charge in [-0.25, -0.2) is 19.2 Å². The summed E-state index contributed by atoms with van der Waals surface area (Å²) >= 11 is 0. The molecule has 0 atom stereocenters. The first-order valence-electron chi connectivity index (χ1n) is 9.65. The standard InChI is InChI=1S/C22H15F4N3O5/c1-10-3-12(4-11(2)18(10)32-9-17(30)31)19-28-16-8-27-21(29-20(16)34-19)33-15-6-13(22(24,25)26)5-14(23)7-15/h3-8H,9H2,1-2H3,(H,30,31). The van der Waals surface area contributed by atoms with Crippen LogP contribution in [0.25, 0.3) is 22.7 Å². The number of aromatic nitrogens is 3. The average Bonchev–Trinajstić information content (AvgIpc) is 3.15. The van der Waals surface area contributed by atoms with Gasteiger partial charge in [0.1, 0.15) is 22.8 Å². The molecule has 2 aromatic heterocycles. The van der Waals surface area contributed by atoms with Gasteiger partial charge in [0, 0.05) is 11.6 Å². The number of hydrogen-bond acceptors (Lipinski definition) is 7. The summed E-state index contributed by atoms with van der Waals surface area (Å²) < 4.78 is 68.5. The average molecular weight is 477 g/mol. The highest BCUT2D eigenvalue weighted by Crippen LogP contribution is 2.34. The fourth-order valence-corrected chi connectivity index (χ4v) is 3.22. The van der Waals surface area contributed by atoms with Crippen molar-refractivity contribution < 1.29 is 41.4 Å². The van der Waals surface area contributed by atoms with Crippen molar-refractivity contribution in [3.05, 3.63) is 59.0 Å². The molecule has 2 heterocycles. The molecule has 0 saturated carbocycles. The summed E-state index contributed by atoms with van der Waals surface area (Å²) in [7, 11) is 0. The Morgan fingerprint density at radius 1 is 1.09 bits per heavy atom. The number of halogens is 4. The number of benzene rings is 2. The normalized spacial score (nSPS) is 11.6. The molecule has 1 N–H and O–H groups in total. The van der Waals surface area contributed by atoms with Crippen molar-refractivity contribution in [3.8, 4) is 29.0 Å². The molecule has 8 nitrogen and oxygen atoms in total. The van der Waals surface area contributed by atoms with Crippen LogP contribution < -0.4 is 9.47 Å². The monoisotopic (exact) mass is 477 g/mol. The zero-order valence-corrected chi connectivity index (χ0v) is 17.6. The number of carboxylic acids is 1. The summed E-state index contributed by atoms with van der Waals surface area (Å²) in [5.41, 5.74) is 0.888. The number of oxazole rings is 1. The summed E-state index contributed by atoms with van der Waals surface area (Å²) in [5, 5.41) is 8.81. The van der Waals surface area contributed by atoms with Gasteiger partial charge in [-0.1, -0.05) is 0 Å². The van der Waals surface area contributed by atoms with Gasteiger partial charge in [0.15, 0.2) is 6.61 Å². The third-order valence-electron chi connectivity index (χ3n) is 4.58. The molecule has 176 valence electrons. The van der Waals surface area contributed by atoms with Crippen LogP contribution in [0.1, 0.15) is 16.7 Å². The van der Waals surface area contributed by atoms with Crippen LogP contribution in [0.3, 0.4) is 0 Å². The van der Waals surface area contributed by atoms with Crippen LogP contribution in [0, 0.1) is 19.7 Å². The lowest BCUT2D eigenvalue weighted by molar-refractivity contribution is -0.139. The number of rotatable bonds is 6. The van der Waals surface area contributed by atoms with Crippen LogP contribution in [0.15, 0.2) is 40.9 Å². The van der Waals surface area contributed by atoms with Gasteiger partial charge in [-0.2, -0.15) is 18.2 Å². The van der Waals surface area contributed by atoms with Gasteiger partial charge in [0.2, 0.25) is 5.89 Å². The van der Waals surface area contributed by atoms with Crippen LogP contribution in [0.2, 0.25) is 0 Å². The van der Waals surface area contributed by atoms with Crippen LogP contribution in [0.4, 0.5) is 17.6 Å². The first-order valence-corrected chi connectivity index (χ1v) is 9.65. The molecule has 0 bridgehead atoms. The number of nitrogens with zero attached hydrogens (tertiary/aromatic N) is 3. The SMILES string of the molecule is Cc1cc(-c2nc3cnc(Oc4cc(F)cc(C(F)(F)F)c4)nc3o2)cc(C)c1OCC(=O)O. The Labute approximate surface area is 188 Å². The lowest BCUT2D eigenvalue weighted by Gasteiger charge is -2.11. The van der Waals surface area contributed by atoms with Crippen molar-refractivity contribution in [2.75, 3.05) is 6.61 Å². The molecule has 0 radical (unpaired) electrons. The van der Waals surface area contributed by atoms with Crippen LogP contribution >= 0.6 is 0 Å². The fraction of sp³-hybridized carbons (Fsp3) is 0.182. The Morgan fingerprint density at radius 3 is 2.44 bits per heavy atom. The van der Waals surface area contributed by atoms with Crippen LogP contribution in [-0.4, -0.2) is 32.6 Å². The highest BCUT2D eigenvalue weighted by molar-refractivity contribution is 5.73. The number of carboxylic acid groups (broad SMARTS) is 1. The molecule has 0 aliphatic rings. The fourth-order valence-electron chi connectivity index (χ4n) is 3.22. The number of fused-ring (bicyclic) bond motifs is 1. The molecule has 0 aliphatic carbocycles. The molecule has 0 unspecified atom stereocenters. The Hall–Kier alpha value is -4.22. The van der Waals surface area contributed by atoms with Gasteiger partial charge in [-0.05, 0) is 49.2 Å². The molecule has 0 spiro atoms. The number of ether oxygens (including phenoxy) is 2. The number of alkyl halides is 3. The van der Waals surface area contributed by atoms with E-state index in [-0.39, 0.29) is 23.1 Å². The van der Waals surface area contributed by atoms with Crippen molar-refractivity contribution in [1.29, 1.82) is 0 Å². The van der Waals surface area contributed by atoms with E-state index >= 15 is 0 Å². The second-order valence-corrected chi connectivity index (χ2v) is 7.26. The lowest BCUT2D eigenvalue weighted by atomic mass is 10.1. The lowest BCUT2D eigenvalue weighted by Crippen LogP contribution is -2.10. The van der Waals surface area contributed by atoms with Crippen molar-refractivity contribution in [1.82, 2.24) is 15.0 Å². The zero-order chi connectivity index (χ0) is 24.6. The molecule has 34 heavy (non-hydrogen) atoms. The molecule has 0 aliphatic heterocycles. The number of aliphatic carboxylic acids is 1. The molecular weight excluding hydrogens is 462 g/mol. The maximum Gasteiger partial charge on any atom is 0.416 e. The van der Waals surface area contributed by atoms with E-state index in [2.05, 4.69) is 15.0 Å². The minimum absolute atomic E-state index is 0.00559. The van der Waals surface area contributed by atoms with Crippen LogP contribution in [-0.2, 0) is 11.0 Å². The van der Waals surface area contributed by atoms with Gasteiger partial charge in [0.05, 0.1) is 11.8 Å². The molecule has 0 amide bonds. The quantitative estimate of drug-likeness (QED) is 0.372. The third-order valence-corrected chi connectivity index (χ3v) is 4.58. The molecular formula is C22H15F4N3O5. The van der Waals surface area contributed by atoms with E-state index in [4.69, 9.17) is 19.0 Å². The summed E-state index contributed by atoms with van der Waals surface area (Å²) in [5.74, 6) is -2.08. The first kappa shape index (κ1) is 23.0. The highest BCUT2D eigenvalue weighted by atomic mass is 19.4. The molecule has 4 aromatic rings. The van der Waals surface area contributed by atoms with E-state index in [0.717, 1.165) is 6.07 Å². The molecule has 0 saturated heterocycles. The largest absolute Gasteiger partial charge is 0.481 e. The molecule has 2 aromatic carbocycles. The van der Waals surface area contributed by atoms with E-state index in [1.54, 1.807) is 26.0 Å². The number of aryl methyl sites for hydroxylation is 2. The zero-order valence-electron chi connectivity index (χ0n) is 17.6. The smallest absolute Gasteiger partial charge is 0.416 e. The van der Waals surface area contributed by atoms with Crippen molar-refractivity contribution >= 4 is 17.2 Å². The maximum absolute atomic E-state index is 13.6. The van der Waals surface area contributed by atoms with Crippen molar-refractivity contribution in [2.24, 2.45) is 0 Å². The Balaban J connectivity index is 1.62. The van der Waals surface area contributed by atoms with E-state index < -0.39 is 35.9 Å². The first-order chi connectivity index (χ1) is 16.0. The van der Waals surface area contributed by atoms with Gasteiger partial charge in [-0.15, -0.1) is 0 Å². The Kier molecular flexibility index (Phi) is 5.82. The molecule has 12 heteroatoms. The van der Waals surface area contributed by atoms with Gasteiger partial charge >= 0.3 is 18.2 Å². The van der Waals surface area contributed by atoms with Crippen molar-refractivity contribution in [3.63, 3.8) is 0 Å². The topological polar surface area (TPSA) is 108 Å². The summed E-state index contributed by atoms with van der Waals surface area (Å²) in [4.78, 5) is 22.9. The minimum atomic E-state index is -4.75. The Bertz CT molecular complexity index is 1380. The molecule has 0 fully saturated rings. The van der Waals surface area contributed by atoms with Gasteiger partial charge in [0.25, 0.3) is 5.71 Å². The van der Waals surface area contributed by atoms with Crippen LogP contribution in [0.5, 0.6) is 17.5 Å². The summed E-state index contributed by atoms with van der Waals surface area (Å²) in [6, 6.07) is 4.76. The summed E-state index contributed by atoms with van der Waals surface area (Å²) in [6.07, 6.45) is -3.51. The van der Waals surface area contributed by atoms with E-state index in [9.17, 15) is 22.4 Å². The second kappa shape index (κ2) is 8.61. The van der Waals surface area contributed by atoms with Gasteiger partial charge in [-0.3, -0.25) is 0 Å². The number of carbonyl (C=O) groups is 1. The van der Waals surface area contributed by atoms with Gasteiger partial charge < -0.3 is 19.0 Å². The van der Waals surface area contributed by atoms with E-state index in [1.165, 1.54) is 6.20 Å². The summed E-state index contributed by atoms with van der Waals surface area (Å²) in [6.45, 7) is 2.98. The Morgan fingerprint density at radius 2 is 1.79 bits per heavy atom. The highest BCUT2D eigenvalue weighted by Gasteiger charge is 2.31. The number of hydrogen-bond donors (Lipinski definition) is 1. The molecule has 4 rings (SSSR count). The second-order valence-electron chi connectivity index (χ2n) is 7.26. The van der Waals surface area contributed by atoms with E-state index in [1.807, 2.05) is 0 Å². The maximum atomic E-state index is 13.6. The predicted molar refractivity (Wildman–Crippen MR) is 109 cm³/mol.